The summed E-state index contributed by atoms with van der Waals surface area (Å²) in [5, 5.41) is 5.20. The highest BCUT2D eigenvalue weighted by Gasteiger charge is 2.12. The lowest BCUT2D eigenvalue weighted by molar-refractivity contribution is 1.25. The number of aromatic amines is 1. The summed E-state index contributed by atoms with van der Waals surface area (Å²) < 4.78 is 0. The number of nitrogens with one attached hydrogen (secondary N) is 2. The van der Waals surface area contributed by atoms with Crippen molar-refractivity contribution in [1.82, 2.24) is 9.97 Å². The lowest BCUT2D eigenvalue weighted by Gasteiger charge is -2.12. The highest BCUT2D eigenvalue weighted by molar-refractivity contribution is 6.30. The molecule has 0 atom stereocenters. The summed E-state index contributed by atoms with van der Waals surface area (Å²) in [5.74, 6) is 0.522. The number of rotatable bonds is 3. The van der Waals surface area contributed by atoms with E-state index in [0.717, 1.165) is 22.2 Å². The lowest BCUT2D eigenvalue weighted by atomic mass is 10.0. The minimum Gasteiger partial charge on any atom is -0.340 e. The normalized spacial score (nSPS) is 10.8. The molecule has 122 valence electrons. The van der Waals surface area contributed by atoms with Crippen LogP contribution in [-0.2, 0) is 0 Å². The maximum absolute atomic E-state index is 12.5. The highest BCUT2D eigenvalue weighted by atomic mass is 35.5. The summed E-state index contributed by atoms with van der Waals surface area (Å²) >= 11 is 6.12. The van der Waals surface area contributed by atoms with Gasteiger partial charge in [0.05, 0.1) is 5.39 Å². The van der Waals surface area contributed by atoms with Crippen LogP contribution in [0, 0.1) is 0 Å². The lowest BCUT2D eigenvalue weighted by Crippen LogP contribution is -2.09. The van der Waals surface area contributed by atoms with Crippen molar-refractivity contribution < 1.29 is 0 Å². The van der Waals surface area contributed by atoms with Gasteiger partial charge in [0.1, 0.15) is 5.82 Å². The van der Waals surface area contributed by atoms with Gasteiger partial charge in [-0.2, -0.15) is 0 Å². The molecule has 0 bridgehead atoms. The second-order valence-corrected chi connectivity index (χ2v) is 6.05. The molecule has 0 aliphatic heterocycles. The van der Waals surface area contributed by atoms with Gasteiger partial charge in [-0.05, 0) is 35.9 Å². The second-order valence-electron chi connectivity index (χ2n) is 5.62. The molecule has 0 aliphatic rings. The molecule has 0 fully saturated rings. The number of nitrogens with zero attached hydrogens (tertiary/aromatic N) is 1. The van der Waals surface area contributed by atoms with E-state index in [1.165, 1.54) is 0 Å². The molecule has 0 aliphatic carbocycles. The molecule has 4 nitrogen and oxygen atoms in total. The van der Waals surface area contributed by atoms with Gasteiger partial charge in [0, 0.05) is 34.1 Å². The average Bonchev–Trinajstić information content (AvgIpc) is 2.63. The number of halogens is 1. The Balaban J connectivity index is 1.93. The average molecular weight is 348 g/mol. The van der Waals surface area contributed by atoms with Crippen LogP contribution in [0.25, 0.3) is 21.9 Å². The summed E-state index contributed by atoms with van der Waals surface area (Å²) in [6, 6.07) is 19.0. The molecule has 4 rings (SSSR count). The fourth-order valence-corrected chi connectivity index (χ4v) is 3.03. The number of hydrogen-bond donors (Lipinski definition) is 2. The van der Waals surface area contributed by atoms with E-state index in [0.29, 0.717) is 16.2 Å². The Hall–Kier alpha value is -3.11. The predicted molar refractivity (Wildman–Crippen MR) is 103 cm³/mol. The largest absolute Gasteiger partial charge is 0.340 e. The second kappa shape index (κ2) is 6.42. The molecule has 0 radical (unpaired) electrons. The van der Waals surface area contributed by atoms with Gasteiger partial charge in [0.2, 0.25) is 0 Å². The zero-order valence-corrected chi connectivity index (χ0v) is 13.9. The number of aromatic nitrogens is 2. The van der Waals surface area contributed by atoms with Crippen molar-refractivity contribution in [2.45, 2.75) is 0 Å². The third-order valence-corrected chi connectivity index (χ3v) is 4.22. The van der Waals surface area contributed by atoms with Gasteiger partial charge in [-0.25, -0.2) is 4.98 Å². The molecule has 0 saturated carbocycles. The first-order valence-corrected chi connectivity index (χ1v) is 8.18. The molecule has 5 heteroatoms. The van der Waals surface area contributed by atoms with E-state index >= 15 is 0 Å². The molecule has 0 saturated heterocycles. The van der Waals surface area contributed by atoms with Crippen molar-refractivity contribution >= 4 is 33.9 Å². The standard InChI is InChI=1S/C20H14ClN3O/c21-14-6-4-5-13(11-14)17-12-23-19(24-15-7-2-1-3-8-15)18-16(17)9-10-22-20(18)25/h1-12H,(H,22,25)(H,23,24). The maximum Gasteiger partial charge on any atom is 0.259 e. The third kappa shape index (κ3) is 2.99. The van der Waals surface area contributed by atoms with Gasteiger partial charge in [-0.3, -0.25) is 4.79 Å². The van der Waals surface area contributed by atoms with Crippen molar-refractivity contribution in [2.24, 2.45) is 0 Å². The Morgan fingerprint density at radius 3 is 2.64 bits per heavy atom. The molecule has 0 spiro atoms. The van der Waals surface area contributed by atoms with Gasteiger partial charge in [-0.15, -0.1) is 0 Å². The van der Waals surface area contributed by atoms with Crippen LogP contribution in [0.3, 0.4) is 0 Å². The number of pyridine rings is 2. The summed E-state index contributed by atoms with van der Waals surface area (Å²) in [6.07, 6.45) is 3.41. The van der Waals surface area contributed by atoms with E-state index in [4.69, 9.17) is 11.6 Å². The van der Waals surface area contributed by atoms with Crippen LogP contribution in [0.2, 0.25) is 5.02 Å². The van der Waals surface area contributed by atoms with Crippen molar-refractivity contribution in [1.29, 1.82) is 0 Å². The Labute approximate surface area is 149 Å². The van der Waals surface area contributed by atoms with Crippen LogP contribution >= 0.6 is 11.6 Å². The van der Waals surface area contributed by atoms with Gasteiger partial charge >= 0.3 is 0 Å². The van der Waals surface area contributed by atoms with Crippen LogP contribution in [0.5, 0.6) is 0 Å². The smallest absolute Gasteiger partial charge is 0.259 e. The van der Waals surface area contributed by atoms with Gasteiger partial charge in [-0.1, -0.05) is 41.9 Å². The van der Waals surface area contributed by atoms with E-state index in [1.807, 2.05) is 60.7 Å². The van der Waals surface area contributed by atoms with Crippen molar-refractivity contribution in [3.63, 3.8) is 0 Å². The Bertz CT molecular complexity index is 1110. The Kier molecular flexibility index (Phi) is 3.96. The Morgan fingerprint density at radius 2 is 1.84 bits per heavy atom. The van der Waals surface area contributed by atoms with E-state index in [1.54, 1.807) is 12.4 Å². The van der Waals surface area contributed by atoms with Crippen LogP contribution in [0.1, 0.15) is 0 Å². The minimum absolute atomic E-state index is 0.188. The minimum atomic E-state index is -0.188. The van der Waals surface area contributed by atoms with E-state index < -0.39 is 0 Å². The first-order valence-electron chi connectivity index (χ1n) is 7.81. The molecule has 2 aromatic carbocycles. The highest BCUT2D eigenvalue weighted by Crippen LogP contribution is 2.31. The SMILES string of the molecule is O=c1[nH]ccc2c(-c3cccc(Cl)c3)cnc(Nc3ccccc3)c12. The van der Waals surface area contributed by atoms with E-state index in [9.17, 15) is 4.79 Å². The zero-order valence-electron chi connectivity index (χ0n) is 13.2. The maximum atomic E-state index is 12.5. The van der Waals surface area contributed by atoms with E-state index in [-0.39, 0.29) is 5.56 Å². The topological polar surface area (TPSA) is 57.8 Å². The monoisotopic (exact) mass is 347 g/mol. The van der Waals surface area contributed by atoms with Gasteiger partial charge in [0.25, 0.3) is 5.56 Å². The predicted octanol–water partition coefficient (Wildman–Crippen LogP) is 4.99. The Morgan fingerprint density at radius 1 is 1.00 bits per heavy atom. The van der Waals surface area contributed by atoms with Crippen molar-refractivity contribution in [2.75, 3.05) is 5.32 Å². The molecule has 2 N–H and O–H groups in total. The molecule has 2 aromatic heterocycles. The fourth-order valence-electron chi connectivity index (χ4n) is 2.84. The summed E-state index contributed by atoms with van der Waals surface area (Å²) in [6.45, 7) is 0. The van der Waals surface area contributed by atoms with Crippen LogP contribution in [-0.4, -0.2) is 9.97 Å². The molecule has 0 amide bonds. The first kappa shape index (κ1) is 15.4. The first-order chi connectivity index (χ1) is 12.2. The van der Waals surface area contributed by atoms with Crippen molar-refractivity contribution in [3.05, 3.63) is 88.4 Å². The third-order valence-electron chi connectivity index (χ3n) is 3.98. The van der Waals surface area contributed by atoms with E-state index in [2.05, 4.69) is 15.3 Å². The molecular weight excluding hydrogens is 334 g/mol. The summed E-state index contributed by atoms with van der Waals surface area (Å²) in [5.41, 5.74) is 2.46. The number of benzene rings is 2. The molecule has 25 heavy (non-hydrogen) atoms. The van der Waals surface area contributed by atoms with Crippen LogP contribution < -0.4 is 10.9 Å². The van der Waals surface area contributed by atoms with Crippen LogP contribution in [0.4, 0.5) is 11.5 Å². The summed E-state index contributed by atoms with van der Waals surface area (Å²) in [4.78, 5) is 19.7. The number of anilines is 2. The van der Waals surface area contributed by atoms with Gasteiger partial charge in [0.15, 0.2) is 0 Å². The molecule has 4 aromatic rings. The number of para-hydroxylation sites is 1. The molecular formula is C20H14ClN3O. The van der Waals surface area contributed by atoms with Crippen molar-refractivity contribution in [3.8, 4) is 11.1 Å². The van der Waals surface area contributed by atoms with Gasteiger partial charge < -0.3 is 10.3 Å². The fraction of sp³-hybridized carbons (Fsp3) is 0. The number of fused-ring (bicyclic) bond motifs is 1. The van der Waals surface area contributed by atoms with Crippen LogP contribution in [0.15, 0.2) is 77.9 Å². The zero-order chi connectivity index (χ0) is 17.2. The number of hydrogen-bond acceptors (Lipinski definition) is 3. The molecule has 2 heterocycles. The molecule has 0 unspecified atom stereocenters. The summed E-state index contributed by atoms with van der Waals surface area (Å²) in [7, 11) is 0. The number of H-pyrrole nitrogens is 1. The quantitative estimate of drug-likeness (QED) is 0.549.